The van der Waals surface area contributed by atoms with Crippen molar-refractivity contribution >= 4 is 10.0 Å². The zero-order valence-corrected chi connectivity index (χ0v) is 14.3. The Morgan fingerprint density at radius 3 is 2.83 bits per heavy atom. The van der Waals surface area contributed by atoms with E-state index >= 15 is 0 Å². The minimum absolute atomic E-state index is 0.00773. The fourth-order valence-corrected chi connectivity index (χ4v) is 5.27. The Bertz CT molecular complexity index is 732. The molecule has 1 aliphatic heterocycles. The van der Waals surface area contributed by atoms with Crippen LogP contribution in [0.2, 0.25) is 0 Å². The summed E-state index contributed by atoms with van der Waals surface area (Å²) in [7, 11) is -3.57. The molecule has 2 aromatic rings. The van der Waals surface area contributed by atoms with Gasteiger partial charge in [0.05, 0.1) is 0 Å². The number of hydrogen-bond donors (Lipinski definition) is 0. The van der Waals surface area contributed by atoms with Gasteiger partial charge in [0.25, 0.3) is 0 Å². The number of nitrogens with zero attached hydrogens (tertiary/aromatic N) is 4. The van der Waals surface area contributed by atoms with Crippen molar-refractivity contribution in [2.24, 2.45) is 0 Å². The Balaban J connectivity index is 1.83. The largest absolute Gasteiger partial charge is 0.360 e. The first-order valence-corrected chi connectivity index (χ1v) is 9.36. The van der Waals surface area contributed by atoms with Crippen molar-refractivity contribution in [2.45, 2.75) is 57.0 Å². The molecule has 0 spiro atoms. The van der Waals surface area contributed by atoms with Gasteiger partial charge in [-0.1, -0.05) is 11.6 Å². The average Bonchev–Trinajstić information content (AvgIpc) is 3.15. The fraction of sp³-hybridized carbons (Fsp3) is 0.600. The molecule has 0 N–H and O–H groups in total. The van der Waals surface area contributed by atoms with Crippen LogP contribution in [0.4, 0.5) is 0 Å². The van der Waals surface area contributed by atoms with Crippen molar-refractivity contribution in [3.63, 3.8) is 0 Å². The Morgan fingerprint density at radius 1 is 1.35 bits per heavy atom. The number of aromatic nitrogens is 3. The normalized spacial score (nSPS) is 20.0. The summed E-state index contributed by atoms with van der Waals surface area (Å²) in [6, 6.07) is 1.87. The molecule has 0 radical (unpaired) electrons. The Morgan fingerprint density at radius 2 is 2.17 bits per heavy atom. The van der Waals surface area contributed by atoms with Crippen LogP contribution in [0.1, 0.15) is 37.1 Å². The lowest BCUT2D eigenvalue weighted by molar-refractivity contribution is 0.231. The van der Waals surface area contributed by atoms with Crippen LogP contribution >= 0.6 is 0 Å². The van der Waals surface area contributed by atoms with Crippen molar-refractivity contribution in [2.75, 3.05) is 6.54 Å². The van der Waals surface area contributed by atoms with E-state index in [1.807, 2.05) is 16.9 Å². The highest BCUT2D eigenvalue weighted by atomic mass is 32.2. The summed E-state index contributed by atoms with van der Waals surface area (Å²) in [5, 5.41) is 7.98. The van der Waals surface area contributed by atoms with Crippen LogP contribution in [-0.4, -0.2) is 40.2 Å². The fourth-order valence-electron chi connectivity index (χ4n) is 3.25. The molecular formula is C15H22N4O3S. The van der Waals surface area contributed by atoms with Gasteiger partial charge in [-0.25, -0.2) is 8.42 Å². The lowest BCUT2D eigenvalue weighted by Gasteiger charge is -2.34. The molecule has 1 fully saturated rings. The van der Waals surface area contributed by atoms with Crippen LogP contribution in [0, 0.1) is 13.8 Å². The van der Waals surface area contributed by atoms with Crippen LogP contribution in [0.25, 0.3) is 0 Å². The first-order chi connectivity index (χ1) is 11.0. The molecule has 2 aromatic heterocycles. The predicted octanol–water partition coefficient (Wildman–Crippen LogP) is 2.12. The second-order valence-electron chi connectivity index (χ2n) is 5.98. The topological polar surface area (TPSA) is 81.2 Å². The summed E-state index contributed by atoms with van der Waals surface area (Å²) in [6.07, 6.45) is 7.21. The minimum atomic E-state index is -3.57. The first kappa shape index (κ1) is 16.2. The zero-order valence-electron chi connectivity index (χ0n) is 13.5. The van der Waals surface area contributed by atoms with E-state index in [-0.39, 0.29) is 10.9 Å². The maximum atomic E-state index is 13.1. The van der Waals surface area contributed by atoms with Crippen LogP contribution in [0.3, 0.4) is 0 Å². The van der Waals surface area contributed by atoms with Gasteiger partial charge in [0.15, 0.2) is 5.76 Å². The van der Waals surface area contributed by atoms with Gasteiger partial charge in [-0.15, -0.1) is 0 Å². The molecule has 0 unspecified atom stereocenters. The maximum Gasteiger partial charge on any atom is 0.248 e. The summed E-state index contributed by atoms with van der Waals surface area (Å²) < 4.78 is 34.7. The second kappa shape index (κ2) is 6.45. The van der Waals surface area contributed by atoms with E-state index in [0.29, 0.717) is 24.5 Å². The van der Waals surface area contributed by atoms with Gasteiger partial charge in [0, 0.05) is 31.5 Å². The lowest BCUT2D eigenvalue weighted by atomic mass is 10.0. The molecule has 0 bridgehead atoms. The quantitative estimate of drug-likeness (QED) is 0.834. The molecule has 0 aliphatic carbocycles. The summed E-state index contributed by atoms with van der Waals surface area (Å²) in [6.45, 7) is 4.59. The Hall–Kier alpha value is -1.67. The third-order valence-corrected chi connectivity index (χ3v) is 6.56. The molecule has 23 heavy (non-hydrogen) atoms. The van der Waals surface area contributed by atoms with Crippen molar-refractivity contribution in [1.82, 2.24) is 19.2 Å². The average molecular weight is 338 g/mol. The summed E-state index contributed by atoms with van der Waals surface area (Å²) >= 11 is 0. The van der Waals surface area contributed by atoms with Gasteiger partial charge >= 0.3 is 0 Å². The van der Waals surface area contributed by atoms with Crippen LogP contribution in [0.15, 0.2) is 27.9 Å². The summed E-state index contributed by atoms with van der Waals surface area (Å²) in [5.74, 6) is 0.360. The molecule has 7 nitrogen and oxygen atoms in total. The van der Waals surface area contributed by atoms with Crippen molar-refractivity contribution in [1.29, 1.82) is 0 Å². The highest BCUT2D eigenvalue weighted by molar-refractivity contribution is 7.89. The summed E-state index contributed by atoms with van der Waals surface area (Å²) in [5.41, 5.74) is 0.430. The van der Waals surface area contributed by atoms with E-state index in [2.05, 4.69) is 10.3 Å². The van der Waals surface area contributed by atoms with Gasteiger partial charge in [-0.05, 0) is 39.2 Å². The van der Waals surface area contributed by atoms with E-state index in [0.717, 1.165) is 25.7 Å². The Labute approximate surface area is 136 Å². The third-order valence-electron chi connectivity index (χ3n) is 4.36. The molecule has 0 amide bonds. The van der Waals surface area contributed by atoms with Gasteiger partial charge < -0.3 is 4.52 Å². The van der Waals surface area contributed by atoms with Crippen LogP contribution in [0.5, 0.6) is 0 Å². The molecule has 8 heteroatoms. The lowest BCUT2D eigenvalue weighted by Crippen LogP contribution is -2.44. The molecule has 0 aromatic carbocycles. The predicted molar refractivity (Wildman–Crippen MR) is 84.4 cm³/mol. The van der Waals surface area contributed by atoms with Crippen molar-refractivity contribution in [3.8, 4) is 0 Å². The van der Waals surface area contributed by atoms with E-state index in [1.165, 1.54) is 0 Å². The number of hydrogen-bond acceptors (Lipinski definition) is 5. The van der Waals surface area contributed by atoms with Crippen LogP contribution < -0.4 is 0 Å². The van der Waals surface area contributed by atoms with Crippen molar-refractivity contribution < 1.29 is 12.9 Å². The van der Waals surface area contributed by atoms with E-state index in [4.69, 9.17) is 4.52 Å². The van der Waals surface area contributed by atoms with E-state index in [9.17, 15) is 8.42 Å². The molecule has 0 saturated carbocycles. The number of rotatable bonds is 5. The zero-order chi connectivity index (χ0) is 16.4. The molecule has 1 atom stereocenters. The monoisotopic (exact) mass is 338 g/mol. The SMILES string of the molecule is Cc1noc(C)c1S(=O)(=O)N1CCCC[C@H]1CCn1cccn1. The van der Waals surface area contributed by atoms with Gasteiger partial charge in [-0.3, -0.25) is 4.68 Å². The van der Waals surface area contributed by atoms with E-state index in [1.54, 1.807) is 24.3 Å². The number of piperidine rings is 1. The van der Waals surface area contributed by atoms with Gasteiger partial charge in [-0.2, -0.15) is 9.40 Å². The molecule has 1 saturated heterocycles. The second-order valence-corrected chi connectivity index (χ2v) is 7.80. The standard InChI is InChI=1S/C15H22N4O3S/c1-12-15(13(2)22-17-12)23(20,21)19-10-4-3-6-14(19)7-11-18-9-5-8-16-18/h5,8-9,14H,3-4,6-7,10-11H2,1-2H3/t14-/m0/s1. The third kappa shape index (κ3) is 3.18. The molecule has 1 aliphatic rings. The first-order valence-electron chi connectivity index (χ1n) is 7.92. The molecular weight excluding hydrogens is 316 g/mol. The highest BCUT2D eigenvalue weighted by Crippen LogP contribution is 2.30. The molecule has 3 rings (SSSR count). The number of sulfonamides is 1. The van der Waals surface area contributed by atoms with Gasteiger partial charge in [0.1, 0.15) is 10.6 Å². The highest BCUT2D eigenvalue weighted by Gasteiger charge is 2.36. The molecule has 126 valence electrons. The Kier molecular flexibility index (Phi) is 4.54. The van der Waals surface area contributed by atoms with Crippen molar-refractivity contribution in [3.05, 3.63) is 29.9 Å². The smallest absolute Gasteiger partial charge is 0.248 e. The number of aryl methyl sites for hydroxylation is 3. The van der Waals surface area contributed by atoms with Crippen LogP contribution in [-0.2, 0) is 16.6 Å². The minimum Gasteiger partial charge on any atom is -0.360 e. The summed E-state index contributed by atoms with van der Waals surface area (Å²) in [4.78, 5) is 0.225. The van der Waals surface area contributed by atoms with Gasteiger partial charge in [0.2, 0.25) is 10.0 Å². The van der Waals surface area contributed by atoms with E-state index < -0.39 is 10.0 Å². The molecule has 3 heterocycles. The maximum absolute atomic E-state index is 13.1.